The van der Waals surface area contributed by atoms with Crippen LogP contribution < -0.4 is 5.32 Å². The largest absolute Gasteiger partial charge is 0.462 e. The third-order valence-electron chi connectivity index (χ3n) is 4.76. The second-order valence-electron chi connectivity index (χ2n) is 6.87. The molecule has 0 saturated heterocycles. The normalized spacial score (nSPS) is 11.6. The summed E-state index contributed by atoms with van der Waals surface area (Å²) in [6.45, 7) is 5.43. The number of hydrogen-bond donors (Lipinski definition) is 1. The number of para-hydroxylation sites is 1. The van der Waals surface area contributed by atoms with Crippen LogP contribution in [0.5, 0.6) is 0 Å². The first-order chi connectivity index (χ1) is 14.8. The highest BCUT2D eigenvalue weighted by molar-refractivity contribution is 5.99. The smallest absolute Gasteiger partial charge is 0.338 e. The van der Waals surface area contributed by atoms with Crippen LogP contribution in [0.4, 0.5) is 5.69 Å². The van der Waals surface area contributed by atoms with E-state index in [1.54, 1.807) is 24.7 Å². The Balaban J connectivity index is 1.85. The molecular formula is C22H22N4O5. The van der Waals surface area contributed by atoms with E-state index < -0.39 is 22.8 Å². The summed E-state index contributed by atoms with van der Waals surface area (Å²) < 4.78 is 6.67. The molecule has 1 N–H and O–H groups in total. The molecule has 9 nitrogen and oxygen atoms in total. The van der Waals surface area contributed by atoms with Crippen molar-refractivity contribution in [3.63, 3.8) is 0 Å². The summed E-state index contributed by atoms with van der Waals surface area (Å²) in [7, 11) is 0. The molecule has 0 fully saturated rings. The first-order valence-corrected chi connectivity index (χ1v) is 9.69. The molecule has 9 heteroatoms. The number of nitrogens with zero attached hydrogens (tertiary/aromatic N) is 3. The fourth-order valence-corrected chi connectivity index (χ4v) is 3.21. The highest BCUT2D eigenvalue weighted by Crippen LogP contribution is 2.22. The van der Waals surface area contributed by atoms with Gasteiger partial charge in [0, 0.05) is 29.0 Å². The summed E-state index contributed by atoms with van der Waals surface area (Å²) in [5, 5.41) is 18.5. The lowest BCUT2D eigenvalue weighted by molar-refractivity contribution is -0.384. The van der Waals surface area contributed by atoms with Gasteiger partial charge in [0.1, 0.15) is 0 Å². The van der Waals surface area contributed by atoms with Crippen LogP contribution in [-0.2, 0) is 4.74 Å². The highest BCUT2D eigenvalue weighted by Gasteiger charge is 2.21. The van der Waals surface area contributed by atoms with Gasteiger partial charge in [-0.15, -0.1) is 0 Å². The van der Waals surface area contributed by atoms with Crippen molar-refractivity contribution in [2.45, 2.75) is 26.8 Å². The monoisotopic (exact) mass is 422 g/mol. The third-order valence-corrected chi connectivity index (χ3v) is 4.76. The molecule has 1 aromatic heterocycles. The average Bonchev–Trinajstić information content (AvgIpc) is 3.15. The van der Waals surface area contributed by atoms with Gasteiger partial charge in [-0.1, -0.05) is 18.2 Å². The number of nitrogens with one attached hydrogen (secondary N) is 1. The summed E-state index contributed by atoms with van der Waals surface area (Å²) in [4.78, 5) is 35.4. The van der Waals surface area contributed by atoms with E-state index in [9.17, 15) is 19.7 Å². The van der Waals surface area contributed by atoms with Gasteiger partial charge in [-0.3, -0.25) is 14.9 Å². The van der Waals surface area contributed by atoms with Crippen molar-refractivity contribution in [1.29, 1.82) is 0 Å². The number of hydrogen-bond acceptors (Lipinski definition) is 6. The highest BCUT2D eigenvalue weighted by atomic mass is 16.6. The first-order valence-electron chi connectivity index (χ1n) is 9.69. The second-order valence-corrected chi connectivity index (χ2v) is 6.87. The number of carbonyl (C=O) groups is 2. The minimum Gasteiger partial charge on any atom is -0.462 e. The number of non-ortho nitro benzene ring substituents is 1. The molecule has 1 heterocycles. The number of amides is 1. The Morgan fingerprint density at radius 1 is 1.19 bits per heavy atom. The van der Waals surface area contributed by atoms with E-state index in [2.05, 4.69) is 10.4 Å². The van der Waals surface area contributed by atoms with Crippen LogP contribution >= 0.6 is 0 Å². The number of ether oxygens (including phenoxy) is 1. The van der Waals surface area contributed by atoms with Crippen molar-refractivity contribution in [3.8, 4) is 5.69 Å². The Kier molecular flexibility index (Phi) is 6.44. The molecule has 3 aromatic rings. The van der Waals surface area contributed by atoms with E-state index in [-0.39, 0.29) is 23.4 Å². The molecule has 0 bridgehead atoms. The maximum Gasteiger partial charge on any atom is 0.338 e. The lowest BCUT2D eigenvalue weighted by Crippen LogP contribution is -2.27. The number of carbonyl (C=O) groups excluding carboxylic acids is 2. The van der Waals surface area contributed by atoms with Crippen LogP contribution in [0, 0.1) is 17.0 Å². The van der Waals surface area contributed by atoms with Crippen LogP contribution in [0.15, 0.2) is 54.7 Å². The van der Waals surface area contributed by atoms with Gasteiger partial charge in [-0.2, -0.15) is 5.10 Å². The van der Waals surface area contributed by atoms with Gasteiger partial charge in [0.2, 0.25) is 0 Å². The molecule has 0 aliphatic rings. The third kappa shape index (κ3) is 4.77. The first kappa shape index (κ1) is 21.7. The van der Waals surface area contributed by atoms with E-state index >= 15 is 0 Å². The average molecular weight is 422 g/mol. The zero-order valence-electron chi connectivity index (χ0n) is 17.4. The molecule has 0 spiro atoms. The van der Waals surface area contributed by atoms with E-state index in [1.807, 2.05) is 37.3 Å². The van der Waals surface area contributed by atoms with Crippen molar-refractivity contribution < 1.29 is 19.2 Å². The summed E-state index contributed by atoms with van der Waals surface area (Å²) in [6, 6.07) is 12.7. The number of aromatic nitrogens is 2. The molecule has 1 unspecified atom stereocenters. The summed E-state index contributed by atoms with van der Waals surface area (Å²) >= 11 is 0. The molecule has 3 rings (SSSR count). The lowest BCUT2D eigenvalue weighted by Gasteiger charge is -2.15. The fraction of sp³-hybridized carbons (Fsp3) is 0.227. The number of nitro groups is 1. The maximum atomic E-state index is 12.8. The van der Waals surface area contributed by atoms with Crippen LogP contribution in [-0.4, -0.2) is 33.2 Å². The molecule has 31 heavy (non-hydrogen) atoms. The van der Waals surface area contributed by atoms with Gasteiger partial charge in [-0.25, -0.2) is 9.48 Å². The number of nitro benzene ring substituents is 1. The van der Waals surface area contributed by atoms with Crippen LogP contribution in [0.3, 0.4) is 0 Å². The van der Waals surface area contributed by atoms with Crippen LogP contribution in [0.25, 0.3) is 5.69 Å². The lowest BCUT2D eigenvalue weighted by atomic mass is 10.1. The van der Waals surface area contributed by atoms with Crippen LogP contribution in [0.2, 0.25) is 0 Å². The summed E-state index contributed by atoms with van der Waals surface area (Å²) in [5.74, 6) is -1.28. The van der Waals surface area contributed by atoms with Crippen molar-refractivity contribution in [3.05, 3.63) is 87.2 Å². The van der Waals surface area contributed by atoms with E-state index in [0.717, 1.165) is 29.1 Å². The quantitative estimate of drug-likeness (QED) is 0.352. The molecule has 160 valence electrons. The van der Waals surface area contributed by atoms with Crippen molar-refractivity contribution in [2.24, 2.45) is 0 Å². The Labute approximate surface area is 178 Å². The standard InChI is InChI=1S/C22H22N4O5/c1-4-31-22(28)17-10-16(11-19(12-17)26(29)30)21(27)24-14(2)20-13-23-25(15(20)3)18-8-6-5-7-9-18/h5-14H,4H2,1-3H3,(H,24,27). The topological polar surface area (TPSA) is 116 Å². The van der Waals surface area contributed by atoms with Gasteiger partial charge in [0.15, 0.2) is 0 Å². The zero-order chi connectivity index (χ0) is 22.5. The Bertz CT molecular complexity index is 1120. The van der Waals surface area contributed by atoms with Gasteiger partial charge < -0.3 is 10.1 Å². The van der Waals surface area contributed by atoms with Gasteiger partial charge >= 0.3 is 5.97 Å². The SMILES string of the molecule is CCOC(=O)c1cc(C(=O)NC(C)c2cnn(-c3ccccc3)c2C)cc([N+](=O)[O-])c1. The predicted octanol–water partition coefficient (Wildman–Crippen LogP) is 3.76. The van der Waals surface area contributed by atoms with Crippen LogP contribution in [0.1, 0.15) is 51.9 Å². The van der Waals surface area contributed by atoms with E-state index in [0.29, 0.717) is 0 Å². The Morgan fingerprint density at radius 3 is 2.52 bits per heavy atom. The molecule has 0 aliphatic heterocycles. The fourth-order valence-electron chi connectivity index (χ4n) is 3.21. The maximum absolute atomic E-state index is 12.8. The van der Waals surface area contributed by atoms with Gasteiger partial charge in [-0.05, 0) is 39.0 Å². The molecule has 1 atom stereocenters. The van der Waals surface area contributed by atoms with E-state index in [1.165, 1.54) is 6.07 Å². The minimum atomic E-state index is -0.728. The van der Waals surface area contributed by atoms with Crippen molar-refractivity contribution in [2.75, 3.05) is 6.61 Å². The predicted molar refractivity (Wildman–Crippen MR) is 113 cm³/mol. The van der Waals surface area contributed by atoms with Crippen molar-refractivity contribution in [1.82, 2.24) is 15.1 Å². The minimum absolute atomic E-state index is 0.00259. The number of benzene rings is 2. The molecule has 0 radical (unpaired) electrons. The Hall–Kier alpha value is -4.01. The zero-order valence-corrected chi connectivity index (χ0v) is 17.4. The number of rotatable bonds is 7. The molecule has 2 aromatic carbocycles. The van der Waals surface area contributed by atoms with Gasteiger partial charge in [0.05, 0.1) is 35.0 Å². The number of esters is 1. The molecular weight excluding hydrogens is 400 g/mol. The van der Waals surface area contributed by atoms with E-state index in [4.69, 9.17) is 4.74 Å². The molecule has 0 saturated carbocycles. The summed E-state index contributed by atoms with van der Waals surface area (Å²) in [5.41, 5.74) is 2.12. The Morgan fingerprint density at radius 2 is 1.87 bits per heavy atom. The second kappa shape index (κ2) is 9.21. The van der Waals surface area contributed by atoms with Crippen molar-refractivity contribution >= 4 is 17.6 Å². The summed E-state index contributed by atoms with van der Waals surface area (Å²) in [6.07, 6.45) is 1.67. The van der Waals surface area contributed by atoms with Gasteiger partial charge in [0.25, 0.3) is 11.6 Å². The molecule has 0 aliphatic carbocycles. The molecule has 1 amide bonds.